The predicted octanol–water partition coefficient (Wildman–Crippen LogP) is 3.63. The lowest BCUT2D eigenvalue weighted by atomic mass is 10.2. The van der Waals surface area contributed by atoms with Gasteiger partial charge in [0.15, 0.2) is 0 Å². The summed E-state index contributed by atoms with van der Waals surface area (Å²) in [5.41, 5.74) is 6.49. The maximum Gasteiger partial charge on any atom is 0.238 e. The molecule has 0 saturated carbocycles. The maximum absolute atomic E-state index is 12.0. The Morgan fingerprint density at radius 3 is 2.45 bits per heavy atom. The van der Waals surface area contributed by atoms with Crippen molar-refractivity contribution in [2.75, 3.05) is 24.6 Å². The number of likely N-dealkylation sites (N-methyl/N-ethyl adjacent to an activating group) is 1. The third-order valence-corrected chi connectivity index (χ3v) is 3.78. The van der Waals surface area contributed by atoms with Crippen molar-refractivity contribution in [3.05, 3.63) is 22.2 Å². The van der Waals surface area contributed by atoms with Gasteiger partial charge in [0.2, 0.25) is 5.91 Å². The molecule has 0 bridgehead atoms. The van der Waals surface area contributed by atoms with Gasteiger partial charge in [-0.1, -0.05) is 36.5 Å². The molecule has 0 radical (unpaired) electrons. The molecule has 1 aromatic carbocycles. The molecule has 0 aliphatic carbocycles. The van der Waals surface area contributed by atoms with Gasteiger partial charge in [0.25, 0.3) is 0 Å². The fraction of sp³-hybridized carbons (Fsp3) is 0.500. The maximum atomic E-state index is 12.0. The first-order chi connectivity index (χ1) is 9.35. The fourth-order valence-electron chi connectivity index (χ4n) is 1.91. The van der Waals surface area contributed by atoms with Gasteiger partial charge in [0.1, 0.15) is 0 Å². The molecule has 0 fully saturated rings. The normalized spacial score (nSPS) is 12.5. The second kappa shape index (κ2) is 7.72. The molecule has 6 heteroatoms. The minimum atomic E-state index is -0.149. The molecule has 20 heavy (non-hydrogen) atoms. The van der Waals surface area contributed by atoms with Crippen molar-refractivity contribution in [2.45, 2.75) is 32.7 Å². The van der Waals surface area contributed by atoms with Crippen LogP contribution >= 0.6 is 23.2 Å². The van der Waals surface area contributed by atoms with Crippen LogP contribution in [0, 0.1) is 0 Å². The second-order valence-electron chi connectivity index (χ2n) is 4.96. The molecule has 1 atom stereocenters. The molecule has 0 saturated heterocycles. The topological polar surface area (TPSA) is 58.4 Å². The number of hydrogen-bond acceptors (Lipinski definition) is 3. The number of nitrogen functional groups attached to an aromatic ring is 1. The summed E-state index contributed by atoms with van der Waals surface area (Å²) in [5.74, 6) is -0.149. The van der Waals surface area contributed by atoms with E-state index < -0.39 is 0 Å². The molecule has 1 aromatic rings. The summed E-state index contributed by atoms with van der Waals surface area (Å²) in [4.78, 5) is 14.0. The Kier molecular flexibility index (Phi) is 6.59. The number of nitrogens with two attached hydrogens (primary N) is 1. The molecule has 1 rings (SSSR count). The van der Waals surface area contributed by atoms with Gasteiger partial charge in [0, 0.05) is 11.7 Å². The third kappa shape index (κ3) is 4.85. The predicted molar refractivity (Wildman–Crippen MR) is 86.5 cm³/mol. The van der Waals surface area contributed by atoms with E-state index in [1.165, 1.54) is 0 Å². The lowest BCUT2D eigenvalue weighted by molar-refractivity contribution is -0.117. The molecule has 3 N–H and O–H groups in total. The summed E-state index contributed by atoms with van der Waals surface area (Å²) >= 11 is 12.1. The molecule has 0 heterocycles. The Morgan fingerprint density at radius 1 is 1.40 bits per heavy atom. The van der Waals surface area contributed by atoms with E-state index in [4.69, 9.17) is 28.9 Å². The average molecular weight is 318 g/mol. The van der Waals surface area contributed by atoms with Crippen LogP contribution in [0.5, 0.6) is 0 Å². The number of anilines is 2. The van der Waals surface area contributed by atoms with Crippen LogP contribution in [0.25, 0.3) is 0 Å². The van der Waals surface area contributed by atoms with E-state index in [1.807, 2.05) is 11.9 Å². The number of hydrogen-bond donors (Lipinski definition) is 2. The summed E-state index contributed by atoms with van der Waals surface area (Å²) < 4.78 is 0. The van der Waals surface area contributed by atoms with Crippen molar-refractivity contribution in [1.29, 1.82) is 0 Å². The second-order valence-corrected chi connectivity index (χ2v) is 5.77. The summed E-state index contributed by atoms with van der Waals surface area (Å²) in [6, 6.07) is 3.47. The fourth-order valence-corrected chi connectivity index (χ4v) is 2.51. The van der Waals surface area contributed by atoms with Crippen LogP contribution in [0.1, 0.15) is 26.7 Å². The van der Waals surface area contributed by atoms with Crippen LogP contribution in [-0.4, -0.2) is 30.4 Å². The zero-order chi connectivity index (χ0) is 15.3. The van der Waals surface area contributed by atoms with E-state index >= 15 is 0 Å². The highest BCUT2D eigenvalue weighted by molar-refractivity contribution is 6.40. The number of amides is 1. The third-order valence-electron chi connectivity index (χ3n) is 3.18. The highest BCUT2D eigenvalue weighted by Crippen LogP contribution is 2.32. The van der Waals surface area contributed by atoms with Gasteiger partial charge >= 0.3 is 0 Å². The molecule has 0 aliphatic heterocycles. The van der Waals surface area contributed by atoms with Gasteiger partial charge in [-0.25, -0.2) is 0 Å². The number of carbonyl (C=O) groups excluding carboxylic acids is 1. The Labute approximate surface area is 130 Å². The zero-order valence-electron chi connectivity index (χ0n) is 12.0. The largest absolute Gasteiger partial charge is 0.399 e. The van der Waals surface area contributed by atoms with E-state index in [0.717, 1.165) is 12.8 Å². The monoisotopic (exact) mass is 317 g/mol. The number of nitrogens with one attached hydrogen (secondary N) is 1. The van der Waals surface area contributed by atoms with E-state index in [1.54, 1.807) is 12.1 Å². The van der Waals surface area contributed by atoms with Gasteiger partial charge in [-0.3, -0.25) is 9.69 Å². The first-order valence-corrected chi connectivity index (χ1v) is 7.35. The molecular formula is C14H21Cl2N3O. The number of nitrogens with zero attached hydrogens (tertiary/aromatic N) is 1. The standard InChI is InChI=1S/C14H21Cl2N3O/c1-4-5-9(2)19(3)8-13(20)18-14-11(15)6-10(17)7-12(14)16/h6-7,9H,4-5,8,17H2,1-3H3,(H,18,20). The highest BCUT2D eigenvalue weighted by atomic mass is 35.5. The highest BCUT2D eigenvalue weighted by Gasteiger charge is 2.15. The summed E-state index contributed by atoms with van der Waals surface area (Å²) in [5, 5.41) is 3.41. The SMILES string of the molecule is CCCC(C)N(C)CC(=O)Nc1c(Cl)cc(N)cc1Cl. The van der Waals surface area contributed by atoms with Gasteiger partial charge in [0.05, 0.1) is 22.3 Å². The van der Waals surface area contributed by atoms with Crippen molar-refractivity contribution in [3.63, 3.8) is 0 Å². The van der Waals surface area contributed by atoms with E-state index in [-0.39, 0.29) is 12.5 Å². The van der Waals surface area contributed by atoms with Crippen LogP contribution in [-0.2, 0) is 4.79 Å². The summed E-state index contributed by atoms with van der Waals surface area (Å²) in [6.07, 6.45) is 2.13. The van der Waals surface area contributed by atoms with Crippen molar-refractivity contribution in [1.82, 2.24) is 4.90 Å². The number of rotatable bonds is 6. The smallest absolute Gasteiger partial charge is 0.238 e. The lowest BCUT2D eigenvalue weighted by Gasteiger charge is -2.23. The molecule has 0 aromatic heterocycles. The summed E-state index contributed by atoms with van der Waals surface area (Å²) in [6.45, 7) is 4.51. The van der Waals surface area contributed by atoms with Gasteiger partial charge in [-0.2, -0.15) is 0 Å². The molecule has 4 nitrogen and oxygen atoms in total. The van der Waals surface area contributed by atoms with Crippen LogP contribution in [0.2, 0.25) is 10.0 Å². The molecule has 1 amide bonds. The van der Waals surface area contributed by atoms with Crippen LogP contribution in [0.3, 0.4) is 0 Å². The number of carbonyl (C=O) groups is 1. The van der Waals surface area contributed by atoms with Gasteiger partial charge in [-0.05, 0) is 32.5 Å². The van der Waals surface area contributed by atoms with Crippen molar-refractivity contribution >= 4 is 40.5 Å². The van der Waals surface area contributed by atoms with Crippen LogP contribution < -0.4 is 11.1 Å². The Hall–Kier alpha value is -0.970. The molecule has 112 valence electrons. The summed E-state index contributed by atoms with van der Waals surface area (Å²) in [7, 11) is 1.92. The van der Waals surface area contributed by atoms with Crippen LogP contribution in [0.4, 0.5) is 11.4 Å². The number of halogens is 2. The van der Waals surface area contributed by atoms with Gasteiger partial charge < -0.3 is 11.1 Å². The number of benzene rings is 1. The van der Waals surface area contributed by atoms with Gasteiger partial charge in [-0.15, -0.1) is 0 Å². The van der Waals surface area contributed by atoms with Crippen molar-refractivity contribution in [3.8, 4) is 0 Å². The lowest BCUT2D eigenvalue weighted by Crippen LogP contribution is -2.36. The van der Waals surface area contributed by atoms with Crippen molar-refractivity contribution < 1.29 is 4.79 Å². The van der Waals surface area contributed by atoms with Crippen LogP contribution in [0.15, 0.2) is 12.1 Å². The molecule has 0 spiro atoms. The van der Waals surface area contributed by atoms with Crippen molar-refractivity contribution in [2.24, 2.45) is 0 Å². The zero-order valence-corrected chi connectivity index (χ0v) is 13.6. The first-order valence-electron chi connectivity index (χ1n) is 6.59. The molecule has 1 unspecified atom stereocenters. The van der Waals surface area contributed by atoms with E-state index in [0.29, 0.717) is 27.5 Å². The minimum absolute atomic E-state index is 0.149. The Bertz CT molecular complexity index is 456. The average Bonchev–Trinajstić information content (AvgIpc) is 2.34. The molecule has 0 aliphatic rings. The first kappa shape index (κ1) is 17.1. The van der Waals surface area contributed by atoms with E-state index in [9.17, 15) is 4.79 Å². The quantitative estimate of drug-likeness (QED) is 0.787. The Morgan fingerprint density at radius 2 is 1.95 bits per heavy atom. The van der Waals surface area contributed by atoms with E-state index in [2.05, 4.69) is 19.2 Å². The molecular weight excluding hydrogens is 297 g/mol. The minimum Gasteiger partial charge on any atom is -0.399 e. The Balaban J connectivity index is 2.68.